The van der Waals surface area contributed by atoms with E-state index in [0.717, 1.165) is 25.1 Å². The fraction of sp³-hybridized carbons (Fsp3) is 0.667. The highest BCUT2D eigenvalue weighted by Crippen LogP contribution is 2.11. The summed E-state index contributed by atoms with van der Waals surface area (Å²) in [6, 6.07) is 7.92. The van der Waals surface area contributed by atoms with Gasteiger partial charge in [0, 0.05) is 52.4 Å². The highest BCUT2D eigenvalue weighted by atomic mass is 32.2. The van der Waals surface area contributed by atoms with Crippen molar-refractivity contribution in [1.82, 2.24) is 20.3 Å². The van der Waals surface area contributed by atoms with E-state index in [2.05, 4.69) is 52.9 Å². The van der Waals surface area contributed by atoms with Crippen LogP contribution in [0, 0.1) is 0 Å². The molecule has 0 saturated heterocycles. The predicted octanol–water partition coefficient (Wildman–Crippen LogP) is 1.79. The number of ether oxygens (including phenoxy) is 1. The van der Waals surface area contributed by atoms with Gasteiger partial charge in [-0.3, -0.25) is 9.89 Å². The van der Waals surface area contributed by atoms with Gasteiger partial charge in [0.25, 0.3) is 0 Å². The van der Waals surface area contributed by atoms with Crippen LogP contribution < -0.4 is 15.4 Å². The van der Waals surface area contributed by atoms with Crippen molar-refractivity contribution in [3.05, 3.63) is 29.8 Å². The molecule has 1 aromatic rings. The fourth-order valence-electron chi connectivity index (χ4n) is 3.17. The van der Waals surface area contributed by atoms with Crippen molar-refractivity contribution in [2.45, 2.75) is 57.6 Å². The normalized spacial score (nSPS) is 12.8. The van der Waals surface area contributed by atoms with E-state index >= 15 is 0 Å². The van der Waals surface area contributed by atoms with Gasteiger partial charge in [0.15, 0.2) is 5.96 Å². The lowest BCUT2D eigenvalue weighted by atomic mass is 10.2. The van der Waals surface area contributed by atoms with Crippen molar-refractivity contribution in [2.75, 3.05) is 40.4 Å². The molecule has 0 aliphatic carbocycles. The number of methoxy groups -OCH3 is 1. The van der Waals surface area contributed by atoms with Crippen LogP contribution in [-0.4, -0.2) is 71.8 Å². The number of rotatable bonds is 13. The van der Waals surface area contributed by atoms with Crippen molar-refractivity contribution in [1.29, 1.82) is 0 Å². The number of nitrogens with one attached hydrogen (secondary N) is 3. The first-order chi connectivity index (χ1) is 14.2. The summed E-state index contributed by atoms with van der Waals surface area (Å²) in [5, 5.41) is 6.56. The Bertz CT molecular complexity index is 743. The van der Waals surface area contributed by atoms with Crippen LogP contribution in [0.15, 0.2) is 34.2 Å². The summed E-state index contributed by atoms with van der Waals surface area (Å²) >= 11 is 0. The predicted molar refractivity (Wildman–Crippen MR) is 123 cm³/mol. The first kappa shape index (κ1) is 26.4. The standard InChI is InChI=1S/C21H39N5O3S/c1-17(2)26(18(3)4)13-8-11-23-21(22-5)24-16-19-9-7-10-20(15-19)30(27,28)25-12-14-29-6/h7,9-10,15,17-18,25H,8,11-14,16H2,1-6H3,(H2,22,23,24). The van der Waals surface area contributed by atoms with Crippen LogP contribution >= 0.6 is 0 Å². The van der Waals surface area contributed by atoms with Crippen LogP contribution in [0.2, 0.25) is 0 Å². The molecule has 0 heterocycles. The van der Waals surface area contributed by atoms with Crippen molar-refractivity contribution in [2.24, 2.45) is 4.99 Å². The topological polar surface area (TPSA) is 95.1 Å². The number of hydrogen-bond acceptors (Lipinski definition) is 5. The molecule has 0 unspecified atom stereocenters. The molecule has 0 aliphatic rings. The van der Waals surface area contributed by atoms with E-state index in [-0.39, 0.29) is 11.4 Å². The summed E-state index contributed by atoms with van der Waals surface area (Å²) in [6.07, 6.45) is 1.01. The zero-order valence-electron chi connectivity index (χ0n) is 19.2. The molecule has 0 aliphatic heterocycles. The molecule has 30 heavy (non-hydrogen) atoms. The Kier molecular flexibility index (Phi) is 11.9. The van der Waals surface area contributed by atoms with Gasteiger partial charge >= 0.3 is 0 Å². The molecular formula is C21H39N5O3S. The summed E-state index contributed by atoms with van der Waals surface area (Å²) in [7, 11) is -0.287. The molecular weight excluding hydrogens is 402 g/mol. The third-order valence-electron chi connectivity index (χ3n) is 4.70. The number of guanidine groups is 1. The summed E-state index contributed by atoms with van der Waals surface area (Å²) in [5.41, 5.74) is 0.860. The molecule has 172 valence electrons. The SMILES string of the molecule is CN=C(NCCCN(C(C)C)C(C)C)NCc1cccc(S(=O)(=O)NCCOC)c1. The molecule has 0 bridgehead atoms. The zero-order chi connectivity index (χ0) is 22.6. The van der Waals surface area contributed by atoms with Gasteiger partial charge in [-0.05, 0) is 51.8 Å². The third-order valence-corrected chi connectivity index (χ3v) is 6.16. The molecule has 3 N–H and O–H groups in total. The number of sulfonamides is 1. The smallest absolute Gasteiger partial charge is 0.240 e. The Hall–Kier alpha value is -1.68. The third kappa shape index (κ3) is 9.42. The van der Waals surface area contributed by atoms with Crippen LogP contribution in [0.1, 0.15) is 39.7 Å². The first-order valence-corrected chi connectivity index (χ1v) is 12.0. The summed E-state index contributed by atoms with van der Waals surface area (Å²) < 4.78 is 32.1. The summed E-state index contributed by atoms with van der Waals surface area (Å²) in [6.45, 7) is 11.8. The van der Waals surface area contributed by atoms with Gasteiger partial charge < -0.3 is 15.4 Å². The molecule has 0 amide bonds. The van der Waals surface area contributed by atoms with Gasteiger partial charge in [-0.25, -0.2) is 13.1 Å². The summed E-state index contributed by atoms with van der Waals surface area (Å²) in [5.74, 6) is 0.696. The lowest BCUT2D eigenvalue weighted by Crippen LogP contribution is -2.41. The highest BCUT2D eigenvalue weighted by molar-refractivity contribution is 7.89. The fourth-order valence-corrected chi connectivity index (χ4v) is 4.25. The van der Waals surface area contributed by atoms with Crippen molar-refractivity contribution >= 4 is 16.0 Å². The molecule has 1 aromatic carbocycles. The second-order valence-electron chi connectivity index (χ2n) is 7.67. The quantitative estimate of drug-likeness (QED) is 0.245. The number of aliphatic imine (C=N–C) groups is 1. The van der Waals surface area contributed by atoms with Crippen LogP contribution in [0.4, 0.5) is 0 Å². The minimum Gasteiger partial charge on any atom is -0.383 e. The molecule has 9 heteroatoms. The Balaban J connectivity index is 2.54. The van der Waals surface area contributed by atoms with Crippen LogP contribution in [0.3, 0.4) is 0 Å². The van der Waals surface area contributed by atoms with E-state index in [4.69, 9.17) is 4.74 Å². The number of hydrogen-bond donors (Lipinski definition) is 3. The van der Waals surface area contributed by atoms with Crippen molar-refractivity contribution in [3.8, 4) is 0 Å². The van der Waals surface area contributed by atoms with Crippen molar-refractivity contribution < 1.29 is 13.2 Å². The molecule has 0 fully saturated rings. The van der Waals surface area contributed by atoms with E-state index in [9.17, 15) is 8.42 Å². The zero-order valence-corrected chi connectivity index (χ0v) is 20.1. The van der Waals surface area contributed by atoms with E-state index < -0.39 is 10.0 Å². The molecule has 0 radical (unpaired) electrons. The molecule has 8 nitrogen and oxygen atoms in total. The first-order valence-electron chi connectivity index (χ1n) is 10.5. The van der Waals surface area contributed by atoms with E-state index in [1.54, 1.807) is 25.2 Å². The van der Waals surface area contributed by atoms with Crippen LogP contribution in [0.25, 0.3) is 0 Å². The highest BCUT2D eigenvalue weighted by Gasteiger charge is 2.14. The molecule has 1 rings (SSSR count). The van der Waals surface area contributed by atoms with Gasteiger partial charge in [-0.2, -0.15) is 0 Å². The van der Waals surface area contributed by atoms with Gasteiger partial charge in [0.2, 0.25) is 10.0 Å². The molecule has 0 spiro atoms. The molecule has 0 saturated carbocycles. The maximum atomic E-state index is 12.4. The Morgan fingerprint density at radius 3 is 2.43 bits per heavy atom. The van der Waals surface area contributed by atoms with Gasteiger partial charge in [0.05, 0.1) is 11.5 Å². The van der Waals surface area contributed by atoms with Gasteiger partial charge in [0.1, 0.15) is 0 Å². The number of nitrogens with zero attached hydrogens (tertiary/aromatic N) is 2. The Morgan fingerprint density at radius 2 is 1.83 bits per heavy atom. The minimum absolute atomic E-state index is 0.239. The van der Waals surface area contributed by atoms with Crippen LogP contribution in [0.5, 0.6) is 0 Å². The second-order valence-corrected chi connectivity index (χ2v) is 9.44. The molecule has 0 aromatic heterocycles. The maximum absolute atomic E-state index is 12.4. The minimum atomic E-state index is -3.55. The largest absolute Gasteiger partial charge is 0.383 e. The Labute approximate surface area is 182 Å². The van der Waals surface area contributed by atoms with Crippen LogP contribution in [-0.2, 0) is 21.3 Å². The van der Waals surface area contributed by atoms with Gasteiger partial charge in [-0.15, -0.1) is 0 Å². The molecule has 0 atom stereocenters. The van der Waals surface area contributed by atoms with Gasteiger partial charge in [-0.1, -0.05) is 12.1 Å². The maximum Gasteiger partial charge on any atom is 0.240 e. The second kappa shape index (κ2) is 13.6. The average molecular weight is 442 g/mol. The van der Waals surface area contributed by atoms with Crippen molar-refractivity contribution in [3.63, 3.8) is 0 Å². The van der Waals surface area contributed by atoms with E-state index in [1.165, 1.54) is 7.11 Å². The Morgan fingerprint density at radius 1 is 1.13 bits per heavy atom. The number of benzene rings is 1. The van der Waals surface area contributed by atoms with E-state index in [0.29, 0.717) is 31.2 Å². The van der Waals surface area contributed by atoms with E-state index in [1.807, 2.05) is 6.07 Å². The summed E-state index contributed by atoms with van der Waals surface area (Å²) in [4.78, 5) is 6.95. The average Bonchev–Trinajstić information content (AvgIpc) is 2.69. The monoisotopic (exact) mass is 441 g/mol. The lowest BCUT2D eigenvalue weighted by Gasteiger charge is -2.30. The lowest BCUT2D eigenvalue weighted by molar-refractivity contribution is 0.173.